The Balaban J connectivity index is 1.74. The van der Waals surface area contributed by atoms with Crippen molar-refractivity contribution in [2.45, 2.75) is 38.1 Å². The number of piperidine rings is 1. The zero-order valence-corrected chi connectivity index (χ0v) is 10.7. The molecule has 1 saturated carbocycles. The lowest BCUT2D eigenvalue weighted by molar-refractivity contribution is -0.141. The summed E-state index contributed by atoms with van der Waals surface area (Å²) in [6.45, 7) is 2.83. The van der Waals surface area contributed by atoms with Gasteiger partial charge in [-0.05, 0) is 24.7 Å². The Labute approximate surface area is 103 Å². The van der Waals surface area contributed by atoms with Crippen LogP contribution in [0.2, 0.25) is 0 Å². The molecule has 0 aromatic heterocycles. The number of nitrogens with two attached hydrogens (primary N) is 1. The fourth-order valence-corrected chi connectivity index (χ4v) is 2.88. The van der Waals surface area contributed by atoms with Gasteiger partial charge in [-0.1, -0.05) is 12.8 Å². The molecule has 1 aliphatic heterocycles. The zero-order valence-electron chi connectivity index (χ0n) is 10.7. The number of rotatable bonds is 5. The highest BCUT2D eigenvalue weighted by atomic mass is 16.5. The molecule has 0 amide bonds. The van der Waals surface area contributed by atoms with E-state index in [9.17, 15) is 4.79 Å². The maximum absolute atomic E-state index is 11.1. The van der Waals surface area contributed by atoms with E-state index < -0.39 is 0 Å². The molecular weight excluding hydrogens is 216 g/mol. The molecule has 2 unspecified atom stereocenters. The van der Waals surface area contributed by atoms with Crippen molar-refractivity contribution in [3.63, 3.8) is 0 Å². The number of hydrogen-bond acceptors (Lipinski definition) is 4. The van der Waals surface area contributed by atoms with Gasteiger partial charge in [0.25, 0.3) is 0 Å². The van der Waals surface area contributed by atoms with E-state index in [1.807, 2.05) is 0 Å². The van der Waals surface area contributed by atoms with Gasteiger partial charge in [0.05, 0.1) is 13.5 Å². The van der Waals surface area contributed by atoms with Crippen LogP contribution < -0.4 is 5.73 Å². The van der Waals surface area contributed by atoms with Crippen molar-refractivity contribution >= 4 is 5.97 Å². The zero-order chi connectivity index (χ0) is 12.3. The number of methoxy groups -OCH3 is 1. The maximum Gasteiger partial charge on any atom is 0.306 e. The molecule has 0 spiro atoms. The monoisotopic (exact) mass is 240 g/mol. The maximum atomic E-state index is 11.1. The third-order valence-electron chi connectivity index (χ3n) is 3.87. The Kier molecular flexibility index (Phi) is 4.40. The van der Waals surface area contributed by atoms with Gasteiger partial charge >= 0.3 is 5.97 Å². The minimum absolute atomic E-state index is 0.122. The average Bonchev–Trinajstić information content (AvgIpc) is 3.09. The lowest BCUT2D eigenvalue weighted by Crippen LogP contribution is -2.47. The van der Waals surface area contributed by atoms with Gasteiger partial charge in [0.2, 0.25) is 0 Å². The number of esters is 1. The van der Waals surface area contributed by atoms with Crippen LogP contribution in [0.4, 0.5) is 0 Å². The van der Waals surface area contributed by atoms with Crippen LogP contribution in [0.25, 0.3) is 0 Å². The Bertz CT molecular complexity index is 264. The van der Waals surface area contributed by atoms with Gasteiger partial charge in [-0.25, -0.2) is 0 Å². The van der Waals surface area contributed by atoms with E-state index in [4.69, 9.17) is 5.73 Å². The third kappa shape index (κ3) is 4.28. The molecule has 1 heterocycles. The van der Waals surface area contributed by atoms with Crippen LogP contribution in [0.3, 0.4) is 0 Å². The summed E-state index contributed by atoms with van der Waals surface area (Å²) in [6, 6.07) is 0.283. The fraction of sp³-hybridized carbons (Fsp3) is 0.923. The van der Waals surface area contributed by atoms with E-state index in [2.05, 4.69) is 9.64 Å². The van der Waals surface area contributed by atoms with Crippen LogP contribution in [0, 0.1) is 11.8 Å². The van der Waals surface area contributed by atoms with Crippen molar-refractivity contribution in [1.29, 1.82) is 0 Å². The molecule has 2 aliphatic rings. The van der Waals surface area contributed by atoms with E-state index in [1.165, 1.54) is 26.4 Å². The van der Waals surface area contributed by atoms with Gasteiger partial charge in [0.15, 0.2) is 0 Å². The summed E-state index contributed by atoms with van der Waals surface area (Å²) >= 11 is 0. The first-order valence-electron chi connectivity index (χ1n) is 6.72. The summed E-state index contributed by atoms with van der Waals surface area (Å²) in [5, 5.41) is 0. The largest absolute Gasteiger partial charge is 0.469 e. The van der Waals surface area contributed by atoms with Crippen LogP contribution in [0.5, 0.6) is 0 Å². The first kappa shape index (κ1) is 12.8. The van der Waals surface area contributed by atoms with Gasteiger partial charge in [0.1, 0.15) is 0 Å². The summed E-state index contributed by atoms with van der Waals surface area (Å²) in [5.74, 6) is 1.58. The molecule has 0 aromatic carbocycles. The molecule has 2 atom stereocenters. The van der Waals surface area contributed by atoms with Crippen molar-refractivity contribution in [2.24, 2.45) is 17.6 Å². The molecule has 2 rings (SSSR count). The topological polar surface area (TPSA) is 55.6 Å². The molecule has 0 bridgehead atoms. The number of nitrogens with zero attached hydrogens (tertiary/aromatic N) is 1. The molecule has 2 N–H and O–H groups in total. The van der Waals surface area contributed by atoms with E-state index in [0.29, 0.717) is 6.42 Å². The molecule has 0 aromatic rings. The van der Waals surface area contributed by atoms with Crippen LogP contribution in [-0.2, 0) is 9.53 Å². The fourth-order valence-electron chi connectivity index (χ4n) is 2.88. The lowest BCUT2D eigenvalue weighted by Gasteiger charge is -2.36. The Hall–Kier alpha value is -0.610. The third-order valence-corrected chi connectivity index (χ3v) is 3.87. The second kappa shape index (κ2) is 5.83. The molecule has 0 radical (unpaired) electrons. The molecule has 4 nitrogen and oxygen atoms in total. The summed E-state index contributed by atoms with van der Waals surface area (Å²) in [7, 11) is 1.44. The number of carbonyl (C=O) groups is 1. The van der Waals surface area contributed by atoms with E-state index in [1.54, 1.807) is 0 Å². The highest BCUT2D eigenvalue weighted by Gasteiger charge is 2.30. The molecule has 2 fully saturated rings. The van der Waals surface area contributed by atoms with Gasteiger partial charge in [0, 0.05) is 25.7 Å². The normalized spacial score (nSPS) is 30.2. The van der Waals surface area contributed by atoms with Crippen molar-refractivity contribution in [3.8, 4) is 0 Å². The predicted molar refractivity (Wildman–Crippen MR) is 66.5 cm³/mol. The molecule has 98 valence electrons. The van der Waals surface area contributed by atoms with Gasteiger partial charge in [-0.15, -0.1) is 0 Å². The summed E-state index contributed by atoms with van der Waals surface area (Å²) in [6.07, 6.45) is 5.80. The molecular formula is C13H24N2O2. The number of hydrogen-bond donors (Lipinski definition) is 1. The Morgan fingerprint density at radius 3 is 2.76 bits per heavy atom. The van der Waals surface area contributed by atoms with Crippen LogP contribution >= 0.6 is 0 Å². The second-order valence-corrected chi connectivity index (χ2v) is 5.63. The Morgan fingerprint density at radius 2 is 2.12 bits per heavy atom. The van der Waals surface area contributed by atoms with Crippen molar-refractivity contribution in [1.82, 2.24) is 4.90 Å². The number of likely N-dealkylation sites (tertiary alicyclic amines) is 1. The lowest BCUT2D eigenvalue weighted by atomic mass is 9.90. The number of carbonyl (C=O) groups excluding carboxylic acids is 1. The van der Waals surface area contributed by atoms with Gasteiger partial charge in [-0.2, -0.15) is 0 Å². The standard InChI is InChI=1S/C13H24N2O2/c1-17-13(16)4-5-15-8-11(6-10-2-3-10)7-12(14)9-15/h10-12H,2-9,14H2,1H3. The highest BCUT2D eigenvalue weighted by molar-refractivity contribution is 5.69. The Morgan fingerprint density at radius 1 is 1.35 bits per heavy atom. The average molecular weight is 240 g/mol. The second-order valence-electron chi connectivity index (χ2n) is 5.63. The van der Waals surface area contributed by atoms with E-state index in [0.717, 1.165) is 37.9 Å². The van der Waals surface area contributed by atoms with Gasteiger partial charge < -0.3 is 15.4 Å². The summed E-state index contributed by atoms with van der Waals surface area (Å²) < 4.78 is 4.67. The first-order valence-corrected chi connectivity index (χ1v) is 6.72. The van der Waals surface area contributed by atoms with E-state index in [-0.39, 0.29) is 12.0 Å². The predicted octanol–water partition coefficient (Wildman–Crippen LogP) is 0.999. The summed E-state index contributed by atoms with van der Waals surface area (Å²) in [4.78, 5) is 13.5. The first-order chi connectivity index (χ1) is 8.17. The molecule has 4 heteroatoms. The van der Waals surface area contributed by atoms with Crippen molar-refractivity contribution in [2.75, 3.05) is 26.7 Å². The van der Waals surface area contributed by atoms with Crippen molar-refractivity contribution < 1.29 is 9.53 Å². The summed E-state index contributed by atoms with van der Waals surface area (Å²) in [5.41, 5.74) is 6.09. The minimum Gasteiger partial charge on any atom is -0.469 e. The van der Waals surface area contributed by atoms with Crippen molar-refractivity contribution in [3.05, 3.63) is 0 Å². The van der Waals surface area contributed by atoms with E-state index >= 15 is 0 Å². The SMILES string of the molecule is COC(=O)CCN1CC(N)CC(CC2CC2)C1. The van der Waals surface area contributed by atoms with Crippen LogP contribution in [-0.4, -0.2) is 43.7 Å². The van der Waals surface area contributed by atoms with Gasteiger partial charge in [-0.3, -0.25) is 4.79 Å². The highest BCUT2D eigenvalue weighted by Crippen LogP contribution is 2.37. The molecule has 1 saturated heterocycles. The quantitative estimate of drug-likeness (QED) is 0.728. The minimum atomic E-state index is -0.122. The molecule has 17 heavy (non-hydrogen) atoms. The van der Waals surface area contributed by atoms with Crippen LogP contribution in [0.1, 0.15) is 32.1 Å². The molecule has 1 aliphatic carbocycles. The number of ether oxygens (including phenoxy) is 1. The smallest absolute Gasteiger partial charge is 0.306 e. The van der Waals surface area contributed by atoms with Crippen LogP contribution in [0.15, 0.2) is 0 Å².